The molecule has 210 valence electrons. The number of ether oxygens (including phenoxy) is 3. The van der Waals surface area contributed by atoms with Crippen molar-refractivity contribution in [1.29, 1.82) is 0 Å². The molecule has 2 atom stereocenters. The second-order valence-corrected chi connectivity index (χ2v) is 10.1. The zero-order valence-corrected chi connectivity index (χ0v) is 21.5. The minimum atomic E-state index is -4.60. The quantitative estimate of drug-likeness (QED) is 0.471. The number of amides is 2. The van der Waals surface area contributed by atoms with E-state index in [4.69, 9.17) is 9.47 Å². The van der Waals surface area contributed by atoms with Gasteiger partial charge in [-0.3, -0.25) is 4.79 Å². The summed E-state index contributed by atoms with van der Waals surface area (Å²) < 4.78 is 68.1. The summed E-state index contributed by atoms with van der Waals surface area (Å²) in [6, 6.07) is 4.86. The highest BCUT2D eigenvalue weighted by atomic mass is 19.4. The Kier molecular flexibility index (Phi) is 9.17. The molecule has 0 radical (unpaired) electrons. The summed E-state index contributed by atoms with van der Waals surface area (Å²) in [6.45, 7) is 3.96. The highest BCUT2D eigenvalue weighted by Crippen LogP contribution is 2.33. The van der Waals surface area contributed by atoms with Crippen LogP contribution in [-0.2, 0) is 14.3 Å². The van der Waals surface area contributed by atoms with E-state index in [0.29, 0.717) is 52.0 Å². The van der Waals surface area contributed by atoms with Gasteiger partial charge in [-0.15, -0.1) is 0 Å². The molecule has 0 N–H and O–H groups in total. The van der Waals surface area contributed by atoms with Gasteiger partial charge in [-0.2, -0.15) is 13.2 Å². The van der Waals surface area contributed by atoms with Gasteiger partial charge < -0.3 is 24.0 Å². The summed E-state index contributed by atoms with van der Waals surface area (Å²) in [4.78, 5) is 27.8. The summed E-state index contributed by atoms with van der Waals surface area (Å²) in [7, 11) is 0. The average Bonchev–Trinajstić information content (AvgIpc) is 2.92. The maximum Gasteiger partial charge on any atom is 0.425 e. The van der Waals surface area contributed by atoms with Crippen LogP contribution in [0.4, 0.5) is 22.4 Å². The molecule has 11 heteroatoms. The van der Waals surface area contributed by atoms with Crippen LogP contribution < -0.4 is 4.74 Å². The van der Waals surface area contributed by atoms with Crippen LogP contribution in [0, 0.1) is 17.7 Å². The Morgan fingerprint density at radius 1 is 1.08 bits per heavy atom. The highest BCUT2D eigenvalue weighted by Gasteiger charge is 2.40. The van der Waals surface area contributed by atoms with Gasteiger partial charge in [0.05, 0.1) is 19.8 Å². The molecule has 0 aromatic heterocycles. The number of hydrogen-bond donors (Lipinski definition) is 0. The molecular weight excluding hydrogens is 508 g/mol. The van der Waals surface area contributed by atoms with Crippen molar-refractivity contribution in [1.82, 2.24) is 9.80 Å². The zero-order valence-electron chi connectivity index (χ0n) is 21.5. The van der Waals surface area contributed by atoms with Crippen LogP contribution in [0.5, 0.6) is 5.75 Å². The first-order valence-corrected chi connectivity index (χ1v) is 13.1. The van der Waals surface area contributed by atoms with Crippen molar-refractivity contribution >= 4 is 17.6 Å². The van der Waals surface area contributed by atoms with Crippen LogP contribution in [-0.4, -0.2) is 80.1 Å². The third-order valence-electron chi connectivity index (χ3n) is 7.47. The normalized spacial score (nSPS) is 22.0. The number of morpholine rings is 1. The Morgan fingerprint density at radius 2 is 1.79 bits per heavy atom. The van der Waals surface area contributed by atoms with Crippen LogP contribution in [0.25, 0.3) is 5.57 Å². The van der Waals surface area contributed by atoms with E-state index in [1.54, 1.807) is 6.07 Å². The molecule has 1 aliphatic carbocycles. The Morgan fingerprint density at radius 3 is 2.39 bits per heavy atom. The fraction of sp³-hybridized carbons (Fsp3) is 0.630. The van der Waals surface area contributed by atoms with E-state index in [1.165, 1.54) is 11.0 Å². The maximum absolute atomic E-state index is 14.8. The van der Waals surface area contributed by atoms with E-state index in [1.807, 2.05) is 17.0 Å². The van der Waals surface area contributed by atoms with Crippen molar-refractivity contribution in [3.05, 3.63) is 35.7 Å². The number of piperidine rings is 1. The molecule has 0 saturated carbocycles. The van der Waals surface area contributed by atoms with E-state index in [-0.39, 0.29) is 43.2 Å². The van der Waals surface area contributed by atoms with Gasteiger partial charge >= 0.3 is 12.3 Å². The molecule has 2 saturated heterocycles. The van der Waals surface area contributed by atoms with Crippen molar-refractivity contribution in [2.75, 3.05) is 46.0 Å². The number of carbonyl (C=O) groups is 2. The number of hydrogen-bond acceptors (Lipinski definition) is 5. The predicted octanol–water partition coefficient (Wildman–Crippen LogP) is 5.05. The number of rotatable bonds is 6. The van der Waals surface area contributed by atoms with Gasteiger partial charge in [0, 0.05) is 32.1 Å². The van der Waals surface area contributed by atoms with Gasteiger partial charge in [0.25, 0.3) is 0 Å². The fourth-order valence-corrected chi connectivity index (χ4v) is 4.96. The van der Waals surface area contributed by atoms with Crippen molar-refractivity contribution in [2.45, 2.75) is 51.3 Å². The molecule has 2 amide bonds. The molecule has 3 aliphatic rings. The number of allylic oxidation sites excluding steroid dienone is 2. The molecule has 38 heavy (non-hydrogen) atoms. The average molecular weight is 543 g/mol. The maximum atomic E-state index is 14.8. The minimum absolute atomic E-state index is 0.0418. The van der Waals surface area contributed by atoms with Crippen LogP contribution in [0.15, 0.2) is 24.3 Å². The van der Waals surface area contributed by atoms with Crippen molar-refractivity contribution < 1.29 is 41.4 Å². The molecule has 7 nitrogen and oxygen atoms in total. The Labute approximate surface area is 219 Å². The third-order valence-corrected chi connectivity index (χ3v) is 7.47. The summed E-state index contributed by atoms with van der Waals surface area (Å²) in [5.74, 6) is -0.189. The third kappa shape index (κ3) is 7.18. The Balaban J connectivity index is 1.23. The van der Waals surface area contributed by atoms with Crippen molar-refractivity contribution in [2.24, 2.45) is 11.8 Å². The van der Waals surface area contributed by atoms with Crippen LogP contribution in [0.3, 0.4) is 0 Å². The molecule has 2 aliphatic heterocycles. The molecule has 2 fully saturated rings. The lowest BCUT2D eigenvalue weighted by Crippen LogP contribution is -2.44. The summed E-state index contributed by atoms with van der Waals surface area (Å²) in [5, 5.41) is 0. The highest BCUT2D eigenvalue weighted by molar-refractivity contribution is 5.81. The topological polar surface area (TPSA) is 68.3 Å². The molecule has 1 unspecified atom stereocenters. The second-order valence-electron chi connectivity index (χ2n) is 10.1. The molecule has 1 aromatic carbocycles. The van der Waals surface area contributed by atoms with E-state index in [9.17, 15) is 27.2 Å². The van der Waals surface area contributed by atoms with E-state index in [0.717, 1.165) is 24.5 Å². The van der Waals surface area contributed by atoms with Crippen LogP contribution >= 0.6 is 0 Å². The van der Waals surface area contributed by atoms with Crippen LogP contribution in [0.2, 0.25) is 0 Å². The number of carbonyl (C=O) groups excluding carboxylic acids is 2. The first-order valence-electron chi connectivity index (χ1n) is 13.1. The Bertz CT molecular complexity index is 1020. The number of alkyl halides is 3. The van der Waals surface area contributed by atoms with Crippen molar-refractivity contribution in [3.63, 3.8) is 0 Å². The van der Waals surface area contributed by atoms with Gasteiger partial charge in [-0.1, -0.05) is 12.1 Å². The van der Waals surface area contributed by atoms with Gasteiger partial charge in [-0.25, -0.2) is 9.18 Å². The molecular formula is C27H34F4N2O5. The van der Waals surface area contributed by atoms with Crippen LogP contribution in [0.1, 0.15) is 44.6 Å². The van der Waals surface area contributed by atoms with Gasteiger partial charge in [-0.05, 0) is 68.2 Å². The Hall–Kier alpha value is -2.82. The lowest BCUT2D eigenvalue weighted by molar-refractivity contribution is -0.199. The SMILES string of the molecule is C[C@H](OC(=O)N1CCC(COc2ccc(C3=CCC(C(=O)N4CCOCC4)CC3)cc2F)CC1)C(F)(F)F. The lowest BCUT2D eigenvalue weighted by atomic mass is 9.85. The summed E-state index contributed by atoms with van der Waals surface area (Å²) in [5.41, 5.74) is 1.78. The van der Waals surface area contributed by atoms with Gasteiger partial charge in [0.2, 0.25) is 5.91 Å². The fourth-order valence-electron chi connectivity index (χ4n) is 4.96. The lowest BCUT2D eigenvalue weighted by Gasteiger charge is -2.32. The van der Waals surface area contributed by atoms with Gasteiger partial charge in [0.1, 0.15) is 0 Å². The number of halogens is 4. The van der Waals surface area contributed by atoms with E-state index < -0.39 is 24.2 Å². The standard InChI is InChI=1S/C27H34F4N2O5/c1-18(27(29,30)31)38-26(35)33-10-8-19(9-11-33)17-37-24-7-6-22(16-23(24)28)20-2-4-21(5-3-20)25(34)32-12-14-36-15-13-32/h2,6-7,16,18-19,21H,3-5,8-15,17H2,1H3/t18-,21?/m0/s1. The zero-order chi connectivity index (χ0) is 27.3. The smallest absolute Gasteiger partial charge is 0.425 e. The first kappa shape index (κ1) is 28.2. The second kappa shape index (κ2) is 12.4. The molecule has 0 bridgehead atoms. The monoisotopic (exact) mass is 542 g/mol. The summed E-state index contributed by atoms with van der Waals surface area (Å²) in [6.07, 6.45) is -2.62. The number of benzene rings is 1. The van der Waals surface area contributed by atoms with E-state index >= 15 is 0 Å². The predicted molar refractivity (Wildman–Crippen MR) is 131 cm³/mol. The molecule has 4 rings (SSSR count). The molecule has 2 heterocycles. The first-order chi connectivity index (χ1) is 18.1. The van der Waals surface area contributed by atoms with E-state index in [2.05, 4.69) is 4.74 Å². The number of nitrogens with zero attached hydrogens (tertiary/aromatic N) is 2. The molecule has 0 spiro atoms. The molecule has 1 aromatic rings. The summed E-state index contributed by atoms with van der Waals surface area (Å²) >= 11 is 0. The van der Waals surface area contributed by atoms with Crippen molar-refractivity contribution in [3.8, 4) is 5.75 Å². The van der Waals surface area contributed by atoms with Gasteiger partial charge in [0.15, 0.2) is 17.7 Å². The minimum Gasteiger partial charge on any atom is -0.490 e. The number of likely N-dealkylation sites (tertiary alicyclic amines) is 1. The largest absolute Gasteiger partial charge is 0.490 e.